The van der Waals surface area contributed by atoms with Crippen molar-refractivity contribution in [2.45, 2.75) is 46.2 Å². The smallest absolute Gasteiger partial charge is 0.251 e. The van der Waals surface area contributed by atoms with E-state index in [1.807, 2.05) is 72.5 Å². The first-order chi connectivity index (χ1) is 17.3. The van der Waals surface area contributed by atoms with Crippen molar-refractivity contribution in [3.05, 3.63) is 77.9 Å². The van der Waals surface area contributed by atoms with Crippen LogP contribution in [0.3, 0.4) is 0 Å². The quantitative estimate of drug-likeness (QED) is 0.439. The lowest BCUT2D eigenvalue weighted by molar-refractivity contribution is -0.117. The predicted molar refractivity (Wildman–Crippen MR) is 144 cm³/mol. The maximum absolute atomic E-state index is 12.5. The van der Waals surface area contributed by atoms with Crippen molar-refractivity contribution < 1.29 is 14.4 Å². The molecule has 0 saturated heterocycles. The van der Waals surface area contributed by atoms with Gasteiger partial charge in [-0.25, -0.2) is 0 Å². The molecule has 7 heteroatoms. The van der Waals surface area contributed by atoms with Crippen molar-refractivity contribution in [1.82, 2.24) is 5.32 Å². The molecule has 0 saturated carbocycles. The fraction of sp³-hybridized carbons (Fsp3) is 0.276. The summed E-state index contributed by atoms with van der Waals surface area (Å²) in [4.78, 5) is 38.0. The Morgan fingerprint density at radius 2 is 1.64 bits per heavy atom. The largest absolute Gasteiger partial charge is 0.378 e. The van der Waals surface area contributed by atoms with Gasteiger partial charge in [0, 0.05) is 49.1 Å². The molecule has 2 atom stereocenters. The van der Waals surface area contributed by atoms with Crippen LogP contribution < -0.4 is 20.9 Å². The van der Waals surface area contributed by atoms with Gasteiger partial charge in [0.25, 0.3) is 5.91 Å². The standard InChI is InChI=1S/C29H32N4O3/c1-5-30-29(36)21-9-12-24(13-10-21)32-27-15-18(2)33(20(4)35)28-14-11-23(17-26(27)28)22-7-6-8-25(16-22)31-19(3)34/h6-14,16-18,27,32H,5,15H2,1-4H3,(H,30,36)(H,31,34)/t18-,27+/m0/s1. The van der Waals surface area contributed by atoms with E-state index in [9.17, 15) is 14.4 Å². The molecule has 0 aliphatic carbocycles. The lowest BCUT2D eigenvalue weighted by Crippen LogP contribution is -2.43. The highest BCUT2D eigenvalue weighted by Gasteiger charge is 2.32. The summed E-state index contributed by atoms with van der Waals surface area (Å²) in [6.45, 7) is 7.62. The van der Waals surface area contributed by atoms with E-state index in [-0.39, 0.29) is 29.8 Å². The summed E-state index contributed by atoms with van der Waals surface area (Å²) < 4.78 is 0. The van der Waals surface area contributed by atoms with Gasteiger partial charge in [-0.05, 0) is 85.5 Å². The SMILES string of the molecule is CCNC(=O)c1ccc(N[C@@H]2C[C@H](C)N(C(C)=O)c3ccc(-c4cccc(NC(C)=O)c4)cc32)cc1. The normalized spacial score (nSPS) is 16.6. The van der Waals surface area contributed by atoms with Crippen LogP contribution in [0.4, 0.5) is 17.1 Å². The van der Waals surface area contributed by atoms with E-state index in [0.717, 1.165) is 40.2 Å². The number of hydrogen-bond acceptors (Lipinski definition) is 4. The second kappa shape index (κ2) is 10.6. The highest BCUT2D eigenvalue weighted by atomic mass is 16.2. The molecule has 0 fully saturated rings. The summed E-state index contributed by atoms with van der Waals surface area (Å²) >= 11 is 0. The molecule has 7 nitrogen and oxygen atoms in total. The average Bonchev–Trinajstić information content (AvgIpc) is 2.84. The molecule has 1 aliphatic rings. The molecule has 0 radical (unpaired) electrons. The molecule has 0 aromatic heterocycles. The molecule has 4 rings (SSSR count). The topological polar surface area (TPSA) is 90.5 Å². The van der Waals surface area contributed by atoms with E-state index >= 15 is 0 Å². The zero-order valence-corrected chi connectivity index (χ0v) is 21.1. The Morgan fingerprint density at radius 3 is 2.31 bits per heavy atom. The zero-order valence-electron chi connectivity index (χ0n) is 21.1. The first kappa shape index (κ1) is 25.0. The fourth-order valence-electron chi connectivity index (χ4n) is 4.82. The molecule has 3 aromatic carbocycles. The van der Waals surface area contributed by atoms with Crippen LogP contribution in [0.15, 0.2) is 66.7 Å². The summed E-state index contributed by atoms with van der Waals surface area (Å²) in [5.41, 5.74) is 6.14. The number of carbonyl (C=O) groups is 3. The second-order valence-corrected chi connectivity index (χ2v) is 9.14. The molecular formula is C29H32N4O3. The van der Waals surface area contributed by atoms with Gasteiger partial charge in [0.05, 0.1) is 6.04 Å². The molecule has 0 bridgehead atoms. The van der Waals surface area contributed by atoms with Crippen molar-refractivity contribution in [2.75, 3.05) is 22.1 Å². The van der Waals surface area contributed by atoms with Gasteiger partial charge in [0.2, 0.25) is 11.8 Å². The number of fused-ring (bicyclic) bond motifs is 1. The molecule has 0 unspecified atom stereocenters. The summed E-state index contributed by atoms with van der Waals surface area (Å²) in [5, 5.41) is 9.26. The van der Waals surface area contributed by atoms with E-state index in [4.69, 9.17) is 0 Å². The first-order valence-electron chi connectivity index (χ1n) is 12.2. The lowest BCUT2D eigenvalue weighted by atomic mass is 9.88. The molecule has 1 heterocycles. The average molecular weight is 485 g/mol. The molecule has 186 valence electrons. The Labute approximate surface area is 211 Å². The van der Waals surface area contributed by atoms with E-state index in [1.54, 1.807) is 6.92 Å². The maximum atomic E-state index is 12.5. The lowest BCUT2D eigenvalue weighted by Gasteiger charge is -2.39. The number of amides is 3. The minimum absolute atomic E-state index is 0.00824. The second-order valence-electron chi connectivity index (χ2n) is 9.14. The third kappa shape index (κ3) is 5.40. The van der Waals surface area contributed by atoms with Crippen molar-refractivity contribution in [1.29, 1.82) is 0 Å². The minimum atomic E-state index is -0.119. The molecule has 3 amide bonds. The molecular weight excluding hydrogens is 452 g/mol. The van der Waals surface area contributed by atoms with Crippen LogP contribution in [0, 0.1) is 0 Å². The number of carbonyl (C=O) groups excluding carboxylic acids is 3. The summed E-state index contributed by atoms with van der Waals surface area (Å²) in [7, 11) is 0. The summed E-state index contributed by atoms with van der Waals surface area (Å²) in [6.07, 6.45) is 0.736. The zero-order chi connectivity index (χ0) is 25.8. The Hall–Kier alpha value is -4.13. The van der Waals surface area contributed by atoms with Gasteiger partial charge in [0.1, 0.15) is 0 Å². The third-order valence-corrected chi connectivity index (χ3v) is 6.36. The van der Waals surface area contributed by atoms with Crippen molar-refractivity contribution in [2.24, 2.45) is 0 Å². The molecule has 0 spiro atoms. The number of benzene rings is 3. The van der Waals surface area contributed by atoms with E-state index in [1.165, 1.54) is 6.92 Å². The van der Waals surface area contributed by atoms with Crippen LogP contribution >= 0.6 is 0 Å². The Morgan fingerprint density at radius 1 is 0.917 bits per heavy atom. The monoisotopic (exact) mass is 484 g/mol. The number of nitrogens with one attached hydrogen (secondary N) is 3. The number of hydrogen-bond donors (Lipinski definition) is 3. The highest BCUT2D eigenvalue weighted by Crippen LogP contribution is 2.41. The third-order valence-electron chi connectivity index (χ3n) is 6.36. The van der Waals surface area contributed by atoms with Gasteiger partial charge in [-0.1, -0.05) is 18.2 Å². The Bertz CT molecular complexity index is 1290. The van der Waals surface area contributed by atoms with Gasteiger partial charge in [-0.3, -0.25) is 14.4 Å². The van der Waals surface area contributed by atoms with Gasteiger partial charge < -0.3 is 20.9 Å². The van der Waals surface area contributed by atoms with Crippen LogP contribution in [-0.2, 0) is 9.59 Å². The predicted octanol–water partition coefficient (Wildman–Crippen LogP) is 5.36. The van der Waals surface area contributed by atoms with Crippen LogP contribution in [0.2, 0.25) is 0 Å². The van der Waals surface area contributed by atoms with Crippen molar-refractivity contribution >= 4 is 34.8 Å². The number of rotatable bonds is 6. The molecule has 3 aromatic rings. The maximum Gasteiger partial charge on any atom is 0.251 e. The van der Waals surface area contributed by atoms with Crippen LogP contribution in [0.25, 0.3) is 11.1 Å². The van der Waals surface area contributed by atoms with Crippen molar-refractivity contribution in [3.63, 3.8) is 0 Å². The van der Waals surface area contributed by atoms with E-state index in [2.05, 4.69) is 28.9 Å². The number of nitrogens with zero attached hydrogens (tertiary/aromatic N) is 1. The van der Waals surface area contributed by atoms with Crippen LogP contribution in [0.1, 0.15) is 56.1 Å². The minimum Gasteiger partial charge on any atom is -0.378 e. The van der Waals surface area contributed by atoms with E-state index < -0.39 is 0 Å². The Kier molecular flexibility index (Phi) is 7.38. The van der Waals surface area contributed by atoms with Gasteiger partial charge >= 0.3 is 0 Å². The summed E-state index contributed by atoms with van der Waals surface area (Å²) in [5.74, 6) is -0.205. The van der Waals surface area contributed by atoms with Gasteiger partial charge in [-0.15, -0.1) is 0 Å². The first-order valence-corrected chi connectivity index (χ1v) is 12.2. The Balaban J connectivity index is 1.69. The van der Waals surface area contributed by atoms with Crippen LogP contribution in [-0.4, -0.2) is 30.3 Å². The number of anilines is 3. The molecule has 3 N–H and O–H groups in total. The molecule has 36 heavy (non-hydrogen) atoms. The molecule has 1 aliphatic heterocycles. The fourth-order valence-corrected chi connectivity index (χ4v) is 4.82. The summed E-state index contributed by atoms with van der Waals surface area (Å²) in [6, 6.07) is 21.3. The van der Waals surface area contributed by atoms with Crippen molar-refractivity contribution in [3.8, 4) is 11.1 Å². The highest BCUT2D eigenvalue weighted by molar-refractivity contribution is 5.95. The van der Waals surface area contributed by atoms with E-state index in [0.29, 0.717) is 12.1 Å². The van der Waals surface area contributed by atoms with Gasteiger partial charge in [-0.2, -0.15) is 0 Å². The van der Waals surface area contributed by atoms with Gasteiger partial charge in [0.15, 0.2) is 0 Å². The van der Waals surface area contributed by atoms with Crippen LogP contribution in [0.5, 0.6) is 0 Å².